The molecule has 2 nitrogen and oxygen atoms in total. The Labute approximate surface area is 126 Å². The zero-order valence-corrected chi connectivity index (χ0v) is 14.1. The minimum atomic E-state index is -0.542. The average molecular weight is 347 g/mol. The van der Waals surface area contributed by atoms with Gasteiger partial charge < -0.3 is 9.31 Å². The topological polar surface area (TPSA) is 18.5 Å². The Kier molecular flexibility index (Phi) is 4.09. The quantitative estimate of drug-likeness (QED) is 0.602. The van der Waals surface area contributed by atoms with E-state index in [9.17, 15) is 4.39 Å². The van der Waals surface area contributed by atoms with Crippen molar-refractivity contribution in [2.24, 2.45) is 0 Å². The van der Waals surface area contributed by atoms with E-state index >= 15 is 0 Å². The van der Waals surface area contributed by atoms with Crippen molar-refractivity contribution in [3.8, 4) is 0 Å². The molecular weight excluding hydrogens is 330 g/mol. The standard InChI is InChI=1S/C13H17BBrFO2S/c1-12(2)13(3,4)18-14(17-12)9-6-8(16)7-10(15)11(9)19-5/h6-7H,1-5H3. The zero-order valence-electron chi connectivity index (χ0n) is 11.7. The van der Waals surface area contributed by atoms with E-state index in [0.717, 1.165) is 14.8 Å². The molecule has 0 atom stereocenters. The molecule has 19 heavy (non-hydrogen) atoms. The normalized spacial score (nSPS) is 20.9. The molecule has 0 unspecified atom stereocenters. The first kappa shape index (κ1) is 15.4. The highest BCUT2D eigenvalue weighted by Gasteiger charge is 2.52. The maximum atomic E-state index is 13.6. The minimum Gasteiger partial charge on any atom is -0.399 e. The molecule has 1 saturated heterocycles. The second-order valence-corrected chi connectivity index (χ2v) is 7.27. The smallest absolute Gasteiger partial charge is 0.399 e. The van der Waals surface area contributed by atoms with Crippen LogP contribution in [-0.2, 0) is 9.31 Å². The van der Waals surface area contributed by atoms with E-state index in [1.165, 1.54) is 12.1 Å². The van der Waals surface area contributed by atoms with Gasteiger partial charge in [-0.1, -0.05) is 0 Å². The van der Waals surface area contributed by atoms with Crippen LogP contribution in [0.1, 0.15) is 27.7 Å². The van der Waals surface area contributed by atoms with Crippen molar-refractivity contribution in [2.45, 2.75) is 43.8 Å². The average Bonchev–Trinajstić information content (AvgIpc) is 2.47. The summed E-state index contributed by atoms with van der Waals surface area (Å²) >= 11 is 4.93. The summed E-state index contributed by atoms with van der Waals surface area (Å²) in [6, 6.07) is 2.94. The van der Waals surface area contributed by atoms with E-state index in [4.69, 9.17) is 9.31 Å². The summed E-state index contributed by atoms with van der Waals surface area (Å²) < 4.78 is 26.3. The third-order valence-corrected chi connectivity index (χ3v) is 5.50. The van der Waals surface area contributed by atoms with Gasteiger partial charge in [-0.05, 0) is 62.0 Å². The van der Waals surface area contributed by atoms with Crippen LogP contribution in [0.4, 0.5) is 4.39 Å². The molecule has 104 valence electrons. The summed E-state index contributed by atoms with van der Waals surface area (Å²) in [6.07, 6.45) is 1.95. The summed E-state index contributed by atoms with van der Waals surface area (Å²) in [6.45, 7) is 7.94. The van der Waals surface area contributed by atoms with Crippen molar-refractivity contribution in [3.63, 3.8) is 0 Å². The molecule has 0 radical (unpaired) electrons. The first-order chi connectivity index (χ1) is 8.68. The highest BCUT2D eigenvalue weighted by Crippen LogP contribution is 2.38. The Bertz CT molecular complexity index is 492. The monoisotopic (exact) mass is 346 g/mol. The Morgan fingerprint density at radius 3 is 2.16 bits per heavy atom. The molecule has 0 amide bonds. The van der Waals surface area contributed by atoms with Crippen LogP contribution in [0.15, 0.2) is 21.5 Å². The molecule has 0 aliphatic carbocycles. The molecule has 0 spiro atoms. The summed E-state index contributed by atoms with van der Waals surface area (Å²) in [4.78, 5) is 0.944. The van der Waals surface area contributed by atoms with Crippen LogP contribution in [0.3, 0.4) is 0 Å². The summed E-state index contributed by atoms with van der Waals surface area (Å²) in [5, 5.41) is 0. The Hall–Kier alpha value is -0.0351. The van der Waals surface area contributed by atoms with E-state index < -0.39 is 18.3 Å². The number of rotatable bonds is 2. The zero-order chi connectivity index (χ0) is 14.4. The highest BCUT2D eigenvalue weighted by molar-refractivity contribution is 9.10. The van der Waals surface area contributed by atoms with Crippen LogP contribution in [-0.4, -0.2) is 24.6 Å². The van der Waals surface area contributed by atoms with Crippen molar-refractivity contribution in [3.05, 3.63) is 22.4 Å². The molecular formula is C13H17BBrFO2S. The van der Waals surface area contributed by atoms with Crippen molar-refractivity contribution >= 4 is 40.3 Å². The molecule has 1 aromatic carbocycles. The van der Waals surface area contributed by atoms with Crippen LogP contribution in [0.5, 0.6) is 0 Å². The van der Waals surface area contributed by atoms with Gasteiger partial charge in [0.1, 0.15) is 5.82 Å². The number of hydrogen-bond acceptors (Lipinski definition) is 3. The molecule has 1 aliphatic rings. The van der Waals surface area contributed by atoms with Crippen LogP contribution in [0.2, 0.25) is 0 Å². The summed E-state index contributed by atoms with van der Waals surface area (Å²) in [5.74, 6) is -0.297. The molecule has 1 heterocycles. The molecule has 0 aromatic heterocycles. The third kappa shape index (κ3) is 2.73. The molecule has 0 N–H and O–H groups in total. The van der Waals surface area contributed by atoms with Crippen LogP contribution in [0, 0.1) is 5.82 Å². The minimum absolute atomic E-state index is 0.297. The third-order valence-electron chi connectivity index (χ3n) is 3.75. The van der Waals surface area contributed by atoms with E-state index in [2.05, 4.69) is 15.9 Å². The maximum absolute atomic E-state index is 13.6. The van der Waals surface area contributed by atoms with E-state index in [0.29, 0.717) is 0 Å². The van der Waals surface area contributed by atoms with E-state index in [1.54, 1.807) is 11.8 Å². The van der Waals surface area contributed by atoms with Gasteiger partial charge in [-0.2, -0.15) is 0 Å². The van der Waals surface area contributed by atoms with Gasteiger partial charge in [-0.25, -0.2) is 4.39 Å². The second-order valence-electron chi connectivity index (χ2n) is 5.60. The molecule has 1 aliphatic heterocycles. The maximum Gasteiger partial charge on any atom is 0.496 e. The van der Waals surface area contributed by atoms with Crippen LogP contribution in [0.25, 0.3) is 0 Å². The summed E-state index contributed by atoms with van der Waals surface area (Å²) in [5.41, 5.74) is -0.115. The van der Waals surface area contributed by atoms with Crippen molar-refractivity contribution < 1.29 is 13.7 Å². The van der Waals surface area contributed by atoms with Gasteiger partial charge in [0.15, 0.2) is 0 Å². The van der Waals surface area contributed by atoms with Gasteiger partial charge in [-0.3, -0.25) is 0 Å². The van der Waals surface area contributed by atoms with Crippen molar-refractivity contribution in [1.82, 2.24) is 0 Å². The highest BCUT2D eigenvalue weighted by atomic mass is 79.9. The lowest BCUT2D eigenvalue weighted by Gasteiger charge is -2.32. The van der Waals surface area contributed by atoms with E-state index in [1.807, 2.05) is 34.0 Å². The van der Waals surface area contributed by atoms with E-state index in [-0.39, 0.29) is 5.82 Å². The first-order valence-electron chi connectivity index (χ1n) is 6.06. The lowest BCUT2D eigenvalue weighted by molar-refractivity contribution is 0.00578. The number of thioether (sulfide) groups is 1. The second kappa shape index (κ2) is 5.06. The van der Waals surface area contributed by atoms with Crippen molar-refractivity contribution in [2.75, 3.05) is 6.26 Å². The van der Waals surface area contributed by atoms with Crippen LogP contribution < -0.4 is 5.46 Å². The van der Waals surface area contributed by atoms with Crippen LogP contribution >= 0.6 is 27.7 Å². The Morgan fingerprint density at radius 1 is 1.16 bits per heavy atom. The van der Waals surface area contributed by atoms with Gasteiger partial charge in [0.25, 0.3) is 0 Å². The molecule has 6 heteroatoms. The number of benzene rings is 1. The first-order valence-corrected chi connectivity index (χ1v) is 8.08. The number of halogens is 2. The predicted octanol–water partition coefficient (Wildman–Crippen LogP) is 3.61. The Balaban J connectivity index is 2.45. The predicted molar refractivity (Wildman–Crippen MR) is 81.6 cm³/mol. The SMILES string of the molecule is CSc1c(Br)cc(F)cc1B1OC(C)(C)C(C)(C)O1. The van der Waals surface area contributed by atoms with Gasteiger partial charge in [0.2, 0.25) is 0 Å². The molecule has 0 bridgehead atoms. The fraction of sp³-hybridized carbons (Fsp3) is 0.538. The largest absolute Gasteiger partial charge is 0.496 e. The molecule has 2 rings (SSSR count). The van der Waals surface area contributed by atoms with Crippen molar-refractivity contribution in [1.29, 1.82) is 0 Å². The van der Waals surface area contributed by atoms with Gasteiger partial charge in [0.05, 0.1) is 11.2 Å². The van der Waals surface area contributed by atoms with Gasteiger partial charge in [0, 0.05) is 14.8 Å². The Morgan fingerprint density at radius 2 is 1.68 bits per heavy atom. The molecule has 0 saturated carbocycles. The van der Waals surface area contributed by atoms with Gasteiger partial charge >= 0.3 is 7.12 Å². The molecule has 1 aromatic rings. The van der Waals surface area contributed by atoms with Gasteiger partial charge in [-0.15, -0.1) is 11.8 Å². The lowest BCUT2D eigenvalue weighted by Crippen LogP contribution is -2.41. The fourth-order valence-corrected chi connectivity index (χ4v) is 3.52. The fourth-order valence-electron chi connectivity index (χ4n) is 1.94. The number of hydrogen-bond donors (Lipinski definition) is 0. The molecule has 1 fully saturated rings. The lowest BCUT2D eigenvalue weighted by atomic mass is 9.79. The summed E-state index contributed by atoms with van der Waals surface area (Å²) in [7, 11) is -0.542.